The number of rotatable bonds is 1. The number of ketones is 1. The number of carbonyl (C=O) groups excluding carboxylic acids is 1. The Labute approximate surface area is 67.4 Å². The summed E-state index contributed by atoms with van der Waals surface area (Å²) in [6, 6.07) is 1.31. The van der Waals surface area contributed by atoms with Crippen LogP contribution in [0.4, 0.5) is 0 Å². The van der Waals surface area contributed by atoms with Crippen LogP contribution in [0, 0.1) is 5.92 Å². The first-order valence-corrected chi connectivity index (χ1v) is 4.52. The van der Waals surface area contributed by atoms with Crippen molar-refractivity contribution in [3.8, 4) is 0 Å². The van der Waals surface area contributed by atoms with Gasteiger partial charge < -0.3 is 5.32 Å². The minimum atomic E-state index is 0.369. The molecule has 0 aliphatic carbocycles. The Hall–Kier alpha value is -0.370. The number of nitrogens with one attached hydrogen (secondary N) is 1. The third kappa shape index (κ3) is 1.32. The van der Waals surface area contributed by atoms with Gasteiger partial charge in [0, 0.05) is 18.0 Å². The fourth-order valence-corrected chi connectivity index (χ4v) is 2.39. The zero-order chi connectivity index (χ0) is 7.84. The van der Waals surface area contributed by atoms with Gasteiger partial charge in [-0.05, 0) is 32.6 Å². The van der Waals surface area contributed by atoms with Crippen LogP contribution in [0.1, 0.15) is 32.6 Å². The van der Waals surface area contributed by atoms with E-state index in [4.69, 9.17) is 0 Å². The summed E-state index contributed by atoms with van der Waals surface area (Å²) in [7, 11) is 0. The molecule has 2 bridgehead atoms. The molecule has 0 aromatic heterocycles. The Morgan fingerprint density at radius 1 is 1.27 bits per heavy atom. The van der Waals surface area contributed by atoms with E-state index >= 15 is 0 Å². The number of Topliss-reactive ketones (excluding diaryl/α,β-unsaturated/α-hetero) is 1. The SMILES string of the molecule is CC(=O)C1CC2CCC(C1)N2. The molecule has 0 saturated carbocycles. The van der Waals surface area contributed by atoms with E-state index in [-0.39, 0.29) is 0 Å². The number of hydrogen-bond acceptors (Lipinski definition) is 2. The van der Waals surface area contributed by atoms with Crippen molar-refractivity contribution < 1.29 is 4.79 Å². The molecule has 0 aromatic rings. The first-order chi connectivity index (χ1) is 5.25. The van der Waals surface area contributed by atoms with E-state index in [1.165, 1.54) is 12.8 Å². The quantitative estimate of drug-likeness (QED) is 0.611. The first-order valence-electron chi connectivity index (χ1n) is 4.52. The van der Waals surface area contributed by atoms with Gasteiger partial charge in [0.05, 0.1) is 0 Å². The van der Waals surface area contributed by atoms with Crippen molar-refractivity contribution in [2.24, 2.45) is 5.92 Å². The zero-order valence-corrected chi connectivity index (χ0v) is 6.97. The zero-order valence-electron chi connectivity index (χ0n) is 6.97. The van der Waals surface area contributed by atoms with Gasteiger partial charge in [0.1, 0.15) is 5.78 Å². The smallest absolute Gasteiger partial charge is 0.133 e. The van der Waals surface area contributed by atoms with E-state index in [2.05, 4.69) is 5.32 Å². The summed E-state index contributed by atoms with van der Waals surface area (Å²) in [5.74, 6) is 0.761. The second kappa shape index (κ2) is 2.59. The number of fused-ring (bicyclic) bond motifs is 2. The Bertz CT molecular complexity index is 166. The highest BCUT2D eigenvalue weighted by molar-refractivity contribution is 5.78. The summed E-state index contributed by atoms with van der Waals surface area (Å²) >= 11 is 0. The van der Waals surface area contributed by atoms with Crippen molar-refractivity contribution in [3.63, 3.8) is 0 Å². The van der Waals surface area contributed by atoms with Crippen LogP contribution < -0.4 is 5.32 Å². The molecule has 2 rings (SSSR count). The van der Waals surface area contributed by atoms with E-state index in [0.717, 1.165) is 12.8 Å². The Balaban J connectivity index is 2.02. The van der Waals surface area contributed by atoms with Gasteiger partial charge in [-0.25, -0.2) is 0 Å². The lowest BCUT2D eigenvalue weighted by Crippen LogP contribution is -2.39. The molecule has 2 fully saturated rings. The van der Waals surface area contributed by atoms with Crippen LogP contribution in [0.2, 0.25) is 0 Å². The summed E-state index contributed by atoms with van der Waals surface area (Å²) in [4.78, 5) is 11.1. The molecule has 0 radical (unpaired) electrons. The Kier molecular flexibility index (Phi) is 1.72. The molecule has 2 heteroatoms. The van der Waals surface area contributed by atoms with Crippen molar-refractivity contribution in [3.05, 3.63) is 0 Å². The van der Waals surface area contributed by atoms with E-state index < -0.39 is 0 Å². The van der Waals surface area contributed by atoms with Crippen molar-refractivity contribution >= 4 is 5.78 Å². The largest absolute Gasteiger partial charge is 0.311 e. The average molecular weight is 153 g/mol. The van der Waals surface area contributed by atoms with Gasteiger partial charge in [-0.15, -0.1) is 0 Å². The maximum Gasteiger partial charge on any atom is 0.133 e. The number of piperidine rings is 1. The predicted octanol–water partition coefficient (Wildman–Crippen LogP) is 1.11. The maximum absolute atomic E-state index is 11.1. The molecule has 2 heterocycles. The normalized spacial score (nSPS) is 42.5. The van der Waals surface area contributed by atoms with Crippen LogP contribution in [0.25, 0.3) is 0 Å². The third-order valence-electron chi connectivity index (χ3n) is 3.05. The molecule has 1 N–H and O–H groups in total. The first kappa shape index (κ1) is 7.29. The van der Waals surface area contributed by atoms with Crippen molar-refractivity contribution in [2.75, 3.05) is 0 Å². The van der Waals surface area contributed by atoms with Crippen LogP contribution in [-0.4, -0.2) is 17.9 Å². The summed E-state index contributed by atoms with van der Waals surface area (Å²) < 4.78 is 0. The summed E-state index contributed by atoms with van der Waals surface area (Å²) in [6.45, 7) is 1.73. The molecule has 2 unspecified atom stereocenters. The van der Waals surface area contributed by atoms with Gasteiger partial charge in [0.25, 0.3) is 0 Å². The molecule has 0 spiro atoms. The highest BCUT2D eigenvalue weighted by Gasteiger charge is 2.34. The lowest BCUT2D eigenvalue weighted by molar-refractivity contribution is -0.121. The van der Waals surface area contributed by atoms with Gasteiger partial charge in [0.15, 0.2) is 0 Å². The van der Waals surface area contributed by atoms with Crippen molar-refractivity contribution in [2.45, 2.75) is 44.7 Å². The molecule has 2 saturated heterocycles. The van der Waals surface area contributed by atoms with Crippen LogP contribution in [0.5, 0.6) is 0 Å². The molecule has 11 heavy (non-hydrogen) atoms. The topological polar surface area (TPSA) is 29.1 Å². The minimum absolute atomic E-state index is 0.369. The lowest BCUT2D eigenvalue weighted by Gasteiger charge is -2.27. The third-order valence-corrected chi connectivity index (χ3v) is 3.05. The molecular weight excluding hydrogens is 138 g/mol. The van der Waals surface area contributed by atoms with Gasteiger partial charge in [0.2, 0.25) is 0 Å². The Morgan fingerprint density at radius 3 is 2.27 bits per heavy atom. The van der Waals surface area contributed by atoms with E-state index in [0.29, 0.717) is 23.8 Å². The van der Waals surface area contributed by atoms with Crippen LogP contribution in [0.15, 0.2) is 0 Å². The fourth-order valence-electron chi connectivity index (χ4n) is 2.39. The molecule has 2 aliphatic heterocycles. The van der Waals surface area contributed by atoms with Crippen LogP contribution >= 0.6 is 0 Å². The molecular formula is C9H15NO. The molecule has 0 aromatic carbocycles. The molecule has 2 atom stereocenters. The molecule has 0 amide bonds. The van der Waals surface area contributed by atoms with Gasteiger partial charge in [-0.2, -0.15) is 0 Å². The van der Waals surface area contributed by atoms with E-state index in [1.54, 1.807) is 6.92 Å². The minimum Gasteiger partial charge on any atom is -0.311 e. The molecule has 2 aliphatic rings. The van der Waals surface area contributed by atoms with Crippen molar-refractivity contribution in [1.82, 2.24) is 5.32 Å². The predicted molar refractivity (Wildman–Crippen MR) is 43.4 cm³/mol. The van der Waals surface area contributed by atoms with Gasteiger partial charge in [-0.1, -0.05) is 0 Å². The van der Waals surface area contributed by atoms with E-state index in [1.807, 2.05) is 0 Å². The number of hydrogen-bond donors (Lipinski definition) is 1. The summed E-state index contributed by atoms with van der Waals surface area (Å²) in [5.41, 5.74) is 0. The van der Waals surface area contributed by atoms with Crippen LogP contribution in [-0.2, 0) is 4.79 Å². The Morgan fingerprint density at radius 2 is 1.82 bits per heavy atom. The van der Waals surface area contributed by atoms with Gasteiger partial charge in [-0.3, -0.25) is 4.79 Å². The lowest BCUT2D eigenvalue weighted by atomic mass is 9.90. The standard InChI is InChI=1S/C9H15NO/c1-6(11)7-4-8-2-3-9(5-7)10-8/h7-10H,2-5H2,1H3. The molecule has 62 valence electrons. The van der Waals surface area contributed by atoms with Crippen LogP contribution in [0.3, 0.4) is 0 Å². The monoisotopic (exact) mass is 153 g/mol. The second-order valence-electron chi connectivity index (χ2n) is 3.92. The fraction of sp³-hybridized carbons (Fsp3) is 0.889. The van der Waals surface area contributed by atoms with Gasteiger partial charge >= 0.3 is 0 Å². The average Bonchev–Trinajstić information content (AvgIpc) is 2.30. The second-order valence-corrected chi connectivity index (χ2v) is 3.92. The maximum atomic E-state index is 11.1. The van der Waals surface area contributed by atoms with Crippen molar-refractivity contribution in [1.29, 1.82) is 0 Å². The van der Waals surface area contributed by atoms with E-state index in [9.17, 15) is 4.79 Å². The highest BCUT2D eigenvalue weighted by atomic mass is 16.1. The summed E-state index contributed by atoms with van der Waals surface area (Å²) in [5, 5.41) is 3.52. The summed E-state index contributed by atoms with van der Waals surface area (Å²) in [6.07, 6.45) is 4.75. The molecule has 2 nitrogen and oxygen atoms in total. The number of carbonyl (C=O) groups is 1. The highest BCUT2D eigenvalue weighted by Crippen LogP contribution is 2.30.